The van der Waals surface area contributed by atoms with Crippen molar-refractivity contribution in [3.8, 4) is 5.75 Å². The second-order valence-corrected chi connectivity index (χ2v) is 7.53. The largest absolute Gasteiger partial charge is 0.493 e. The summed E-state index contributed by atoms with van der Waals surface area (Å²) in [5.74, 6) is 0.923. The van der Waals surface area contributed by atoms with Crippen molar-refractivity contribution in [3.63, 3.8) is 0 Å². The van der Waals surface area contributed by atoms with Crippen LogP contribution in [-0.4, -0.2) is 29.8 Å². The van der Waals surface area contributed by atoms with E-state index in [0.29, 0.717) is 13.2 Å². The third-order valence-corrected chi connectivity index (χ3v) is 5.40. The summed E-state index contributed by atoms with van der Waals surface area (Å²) in [4.78, 5) is 15.8. The highest BCUT2D eigenvalue weighted by molar-refractivity contribution is 5.86. The summed E-state index contributed by atoms with van der Waals surface area (Å²) in [6.45, 7) is 5.41. The SMILES string of the molecule is CCCCOc1c(C)c(COC2CCC(NC(N)=O)CC2)nc2ccccc12. The molecule has 0 saturated heterocycles. The van der Waals surface area contributed by atoms with Gasteiger partial charge in [0.05, 0.1) is 30.5 Å². The maximum absolute atomic E-state index is 11.0. The summed E-state index contributed by atoms with van der Waals surface area (Å²) in [5.41, 5.74) is 8.14. The first kappa shape index (κ1) is 20.4. The van der Waals surface area contributed by atoms with E-state index in [4.69, 9.17) is 20.2 Å². The monoisotopic (exact) mass is 385 g/mol. The van der Waals surface area contributed by atoms with Gasteiger partial charge >= 0.3 is 6.03 Å². The summed E-state index contributed by atoms with van der Waals surface area (Å²) >= 11 is 0. The summed E-state index contributed by atoms with van der Waals surface area (Å²) in [7, 11) is 0. The van der Waals surface area contributed by atoms with E-state index in [0.717, 1.165) is 66.4 Å². The molecule has 3 N–H and O–H groups in total. The number of hydrogen-bond donors (Lipinski definition) is 2. The van der Waals surface area contributed by atoms with Crippen molar-refractivity contribution in [1.29, 1.82) is 0 Å². The van der Waals surface area contributed by atoms with E-state index in [1.54, 1.807) is 0 Å². The van der Waals surface area contributed by atoms with Crippen LogP contribution in [-0.2, 0) is 11.3 Å². The zero-order chi connectivity index (χ0) is 19.9. The molecular weight excluding hydrogens is 354 g/mol. The van der Waals surface area contributed by atoms with E-state index in [1.807, 2.05) is 18.2 Å². The van der Waals surface area contributed by atoms with E-state index < -0.39 is 6.03 Å². The molecule has 1 aromatic carbocycles. The van der Waals surface area contributed by atoms with Crippen molar-refractivity contribution in [3.05, 3.63) is 35.5 Å². The maximum atomic E-state index is 11.0. The molecule has 0 atom stereocenters. The Morgan fingerprint density at radius 1 is 1.25 bits per heavy atom. The van der Waals surface area contributed by atoms with Crippen molar-refractivity contribution in [2.45, 2.75) is 71.1 Å². The van der Waals surface area contributed by atoms with Gasteiger partial charge in [-0.2, -0.15) is 0 Å². The van der Waals surface area contributed by atoms with Gasteiger partial charge in [-0.15, -0.1) is 0 Å². The average Bonchev–Trinajstić information content (AvgIpc) is 2.69. The predicted molar refractivity (Wildman–Crippen MR) is 110 cm³/mol. The molecule has 0 spiro atoms. The fourth-order valence-electron chi connectivity index (χ4n) is 3.74. The lowest BCUT2D eigenvalue weighted by atomic mass is 9.93. The molecular formula is C22H31N3O3. The molecule has 0 unspecified atom stereocenters. The number of rotatable bonds is 8. The zero-order valence-corrected chi connectivity index (χ0v) is 16.9. The maximum Gasteiger partial charge on any atom is 0.312 e. The van der Waals surface area contributed by atoms with Crippen molar-refractivity contribution in [1.82, 2.24) is 10.3 Å². The average molecular weight is 386 g/mol. The first-order chi connectivity index (χ1) is 13.6. The molecule has 2 aromatic rings. The molecule has 28 heavy (non-hydrogen) atoms. The first-order valence-electron chi connectivity index (χ1n) is 10.3. The summed E-state index contributed by atoms with van der Waals surface area (Å²) in [6.07, 6.45) is 5.93. The number of pyridine rings is 1. The topological polar surface area (TPSA) is 86.5 Å². The molecule has 1 fully saturated rings. The lowest BCUT2D eigenvalue weighted by molar-refractivity contribution is 0.0104. The van der Waals surface area contributed by atoms with E-state index in [9.17, 15) is 4.79 Å². The van der Waals surface area contributed by atoms with E-state index in [1.165, 1.54) is 0 Å². The quantitative estimate of drug-likeness (QED) is 0.666. The Morgan fingerprint density at radius 3 is 2.71 bits per heavy atom. The van der Waals surface area contributed by atoms with Gasteiger partial charge in [-0.25, -0.2) is 9.78 Å². The minimum atomic E-state index is -0.448. The minimum absolute atomic E-state index is 0.163. The molecule has 0 radical (unpaired) electrons. The molecule has 1 aromatic heterocycles. The Hall–Kier alpha value is -2.34. The van der Waals surface area contributed by atoms with Crippen LogP contribution in [0.2, 0.25) is 0 Å². The molecule has 1 saturated carbocycles. The molecule has 0 aliphatic heterocycles. The molecule has 152 valence electrons. The number of fused-ring (bicyclic) bond motifs is 1. The molecule has 2 amide bonds. The second-order valence-electron chi connectivity index (χ2n) is 7.53. The standard InChI is InChI=1S/C22H31N3O3/c1-3-4-13-27-21-15(2)20(25-19-8-6-5-7-18(19)21)14-28-17-11-9-16(10-12-17)24-22(23)26/h5-8,16-17H,3-4,9-14H2,1-2H3,(H3,23,24,26). The number of para-hydroxylation sites is 1. The summed E-state index contributed by atoms with van der Waals surface area (Å²) in [5, 5.41) is 3.85. The minimum Gasteiger partial charge on any atom is -0.493 e. The summed E-state index contributed by atoms with van der Waals surface area (Å²) in [6, 6.07) is 7.82. The van der Waals surface area contributed by atoms with Crippen LogP contribution in [0.15, 0.2) is 24.3 Å². The van der Waals surface area contributed by atoms with E-state index >= 15 is 0 Å². The summed E-state index contributed by atoms with van der Waals surface area (Å²) < 4.78 is 12.3. The number of urea groups is 1. The number of primary amides is 1. The van der Waals surface area contributed by atoms with Crippen LogP contribution in [0.3, 0.4) is 0 Å². The Labute approximate surface area is 166 Å². The van der Waals surface area contributed by atoms with E-state index in [2.05, 4.69) is 25.2 Å². The van der Waals surface area contributed by atoms with Gasteiger partial charge in [-0.05, 0) is 51.2 Å². The van der Waals surface area contributed by atoms with Crippen molar-refractivity contribution in [2.75, 3.05) is 6.61 Å². The predicted octanol–water partition coefficient (Wildman–Crippen LogP) is 4.22. The van der Waals surface area contributed by atoms with Gasteiger partial charge in [0.15, 0.2) is 0 Å². The number of ether oxygens (including phenoxy) is 2. The number of benzene rings is 1. The number of nitrogens with two attached hydrogens (primary N) is 1. The highest BCUT2D eigenvalue weighted by Gasteiger charge is 2.23. The van der Waals surface area contributed by atoms with Gasteiger partial charge in [0.2, 0.25) is 0 Å². The second kappa shape index (κ2) is 9.73. The van der Waals surface area contributed by atoms with Crippen LogP contribution in [0.1, 0.15) is 56.7 Å². The third-order valence-electron chi connectivity index (χ3n) is 5.40. The molecule has 1 aliphatic carbocycles. The molecule has 1 aliphatic rings. The van der Waals surface area contributed by atoms with Gasteiger partial charge in [-0.3, -0.25) is 0 Å². The van der Waals surface area contributed by atoms with Crippen molar-refractivity contribution >= 4 is 16.9 Å². The van der Waals surface area contributed by atoms with E-state index in [-0.39, 0.29) is 12.1 Å². The number of carbonyl (C=O) groups is 1. The number of amides is 2. The van der Waals surface area contributed by atoms with Crippen LogP contribution in [0.5, 0.6) is 5.75 Å². The highest BCUT2D eigenvalue weighted by atomic mass is 16.5. The number of hydrogen-bond acceptors (Lipinski definition) is 4. The van der Waals surface area contributed by atoms with Gasteiger partial charge in [0.25, 0.3) is 0 Å². The number of nitrogens with zero attached hydrogens (tertiary/aromatic N) is 1. The van der Waals surface area contributed by atoms with Crippen molar-refractivity contribution in [2.24, 2.45) is 5.73 Å². The van der Waals surface area contributed by atoms with Crippen LogP contribution in [0, 0.1) is 6.92 Å². The first-order valence-corrected chi connectivity index (χ1v) is 10.3. The Bertz CT molecular complexity index is 801. The van der Waals surface area contributed by atoms with Crippen LogP contribution in [0.4, 0.5) is 4.79 Å². The number of unbranched alkanes of at least 4 members (excludes halogenated alkanes) is 1. The lowest BCUT2D eigenvalue weighted by Gasteiger charge is -2.28. The van der Waals surface area contributed by atoms with Gasteiger partial charge in [0.1, 0.15) is 5.75 Å². The number of aromatic nitrogens is 1. The van der Waals surface area contributed by atoms with Gasteiger partial charge in [-0.1, -0.05) is 25.5 Å². The molecule has 6 nitrogen and oxygen atoms in total. The Kier molecular flexibility index (Phi) is 7.09. The Morgan fingerprint density at radius 2 is 2.00 bits per heavy atom. The zero-order valence-electron chi connectivity index (χ0n) is 16.9. The molecule has 6 heteroatoms. The Balaban J connectivity index is 1.67. The van der Waals surface area contributed by atoms with Crippen LogP contribution in [0.25, 0.3) is 10.9 Å². The normalized spacial score (nSPS) is 19.5. The van der Waals surface area contributed by atoms with Gasteiger partial charge < -0.3 is 20.5 Å². The van der Waals surface area contributed by atoms with Gasteiger partial charge in [0, 0.05) is 17.0 Å². The molecule has 1 heterocycles. The third kappa shape index (κ3) is 5.13. The van der Waals surface area contributed by atoms with Crippen LogP contribution >= 0.6 is 0 Å². The molecule has 3 rings (SSSR count). The fourth-order valence-corrected chi connectivity index (χ4v) is 3.74. The lowest BCUT2D eigenvalue weighted by Crippen LogP contribution is -2.41. The smallest absolute Gasteiger partial charge is 0.312 e. The molecule has 0 bridgehead atoms. The van der Waals surface area contributed by atoms with Crippen LogP contribution < -0.4 is 15.8 Å². The fraction of sp³-hybridized carbons (Fsp3) is 0.545. The number of carbonyl (C=O) groups excluding carboxylic acids is 1. The van der Waals surface area contributed by atoms with Crippen molar-refractivity contribution < 1.29 is 14.3 Å². The highest BCUT2D eigenvalue weighted by Crippen LogP contribution is 2.31. The number of nitrogens with one attached hydrogen (secondary N) is 1.